The van der Waals surface area contributed by atoms with Crippen molar-refractivity contribution in [1.29, 1.82) is 0 Å². The van der Waals surface area contributed by atoms with Gasteiger partial charge in [0.25, 0.3) is 0 Å². The third kappa shape index (κ3) is 16.0. The molecule has 0 aliphatic carbocycles. The lowest BCUT2D eigenvalue weighted by molar-refractivity contribution is 1.50. The Hall–Kier alpha value is -1.04. The summed E-state index contributed by atoms with van der Waals surface area (Å²) in [7, 11) is 0. The maximum absolute atomic E-state index is 2.00. The third-order valence-corrected chi connectivity index (χ3v) is 1.00. The molecule has 0 heteroatoms. The molecule has 0 aliphatic heterocycles. The normalized spacial score (nSPS) is 7.67. The maximum atomic E-state index is 2.00. The van der Waals surface area contributed by atoms with E-state index in [0.717, 1.165) is 0 Å². The molecule has 0 unspecified atom stereocenters. The van der Waals surface area contributed by atoms with E-state index in [0.29, 0.717) is 0 Å². The molecule has 0 fully saturated rings. The first-order valence-electron chi connectivity index (χ1n) is 4.49. The van der Waals surface area contributed by atoms with Gasteiger partial charge in [0.05, 0.1) is 0 Å². The first-order chi connectivity index (χ1) is 5.91. The number of hydrogen-bond donors (Lipinski definition) is 0. The first-order valence-corrected chi connectivity index (χ1v) is 4.49. The predicted molar refractivity (Wildman–Crippen MR) is 58.3 cm³/mol. The van der Waals surface area contributed by atoms with Crippen LogP contribution in [-0.2, 0) is 0 Å². The molecule has 68 valence electrons. The van der Waals surface area contributed by atoms with Gasteiger partial charge in [0.2, 0.25) is 0 Å². The highest BCUT2D eigenvalue weighted by atomic mass is 13.6. The molecule has 1 aromatic carbocycles. The van der Waals surface area contributed by atoms with Crippen LogP contribution in [0.2, 0.25) is 0 Å². The molecule has 0 nitrogen and oxygen atoms in total. The largest absolute Gasteiger partial charge is 0.0919 e. The molecule has 0 heterocycles. The van der Waals surface area contributed by atoms with Crippen molar-refractivity contribution in [3.8, 4) is 0 Å². The van der Waals surface area contributed by atoms with Crippen LogP contribution in [0.3, 0.4) is 0 Å². The zero-order valence-corrected chi connectivity index (χ0v) is 8.62. The van der Waals surface area contributed by atoms with Crippen molar-refractivity contribution in [1.82, 2.24) is 0 Å². The lowest BCUT2D eigenvalue weighted by Gasteiger charge is -1.69. The lowest BCUT2D eigenvalue weighted by atomic mass is 10.4. The summed E-state index contributed by atoms with van der Waals surface area (Å²) in [5.41, 5.74) is 0. The monoisotopic (exact) mass is 164 g/mol. The van der Waals surface area contributed by atoms with Crippen LogP contribution in [-0.4, -0.2) is 0 Å². The Bertz CT molecular complexity index is 120. The van der Waals surface area contributed by atoms with Gasteiger partial charge >= 0.3 is 0 Å². The fourth-order valence-electron chi connectivity index (χ4n) is 0.385. The van der Waals surface area contributed by atoms with E-state index in [4.69, 9.17) is 0 Å². The lowest BCUT2D eigenvalue weighted by Crippen LogP contribution is -1.47. The van der Waals surface area contributed by atoms with Crippen LogP contribution in [0.5, 0.6) is 0 Å². The highest BCUT2D eigenvalue weighted by Crippen LogP contribution is 1.79. The Morgan fingerprint density at radius 1 is 0.583 bits per heavy atom. The van der Waals surface area contributed by atoms with E-state index in [1.165, 1.54) is 0 Å². The molecule has 0 amide bonds. The number of hydrogen-bond acceptors (Lipinski definition) is 0. The van der Waals surface area contributed by atoms with Crippen LogP contribution in [0.1, 0.15) is 27.7 Å². The van der Waals surface area contributed by atoms with Crippen LogP contribution in [0.15, 0.2) is 48.6 Å². The van der Waals surface area contributed by atoms with E-state index in [1.807, 2.05) is 76.2 Å². The highest BCUT2D eigenvalue weighted by Gasteiger charge is 1.57. The van der Waals surface area contributed by atoms with Crippen LogP contribution >= 0.6 is 0 Å². The Morgan fingerprint density at radius 3 is 0.833 bits per heavy atom. The standard InChI is InChI=1S/C6H6.C4H8.C2H6/c1-2-4-6-5-3-1;1-3-4-2;1-2/h1-6H;3-4H,1-2H3;1-2H3. The minimum atomic E-state index is 2.00. The van der Waals surface area contributed by atoms with Crippen molar-refractivity contribution in [2.45, 2.75) is 27.7 Å². The van der Waals surface area contributed by atoms with Gasteiger partial charge < -0.3 is 0 Å². The average molecular weight is 164 g/mol. The summed E-state index contributed by atoms with van der Waals surface area (Å²) in [5, 5.41) is 0. The molecule has 0 saturated heterocycles. The molecule has 0 bridgehead atoms. The van der Waals surface area contributed by atoms with Gasteiger partial charge in [-0.25, -0.2) is 0 Å². The highest BCUT2D eigenvalue weighted by molar-refractivity contribution is 4.99. The van der Waals surface area contributed by atoms with Crippen molar-refractivity contribution in [2.75, 3.05) is 0 Å². The SMILES string of the molecule is CC.CC=CC.c1ccccc1. The number of benzene rings is 1. The van der Waals surface area contributed by atoms with E-state index >= 15 is 0 Å². The summed E-state index contributed by atoms with van der Waals surface area (Å²) in [6.07, 6.45) is 4.00. The first kappa shape index (κ1) is 13.5. The second-order valence-electron chi connectivity index (χ2n) is 1.82. The maximum Gasteiger partial charge on any atom is -0.0470 e. The molecule has 0 atom stereocenters. The summed E-state index contributed by atoms with van der Waals surface area (Å²) in [6, 6.07) is 12.0. The molecule has 0 aromatic heterocycles. The van der Waals surface area contributed by atoms with Crippen molar-refractivity contribution in [3.63, 3.8) is 0 Å². The van der Waals surface area contributed by atoms with Crippen molar-refractivity contribution in [3.05, 3.63) is 48.6 Å². The molecule has 0 N–H and O–H groups in total. The van der Waals surface area contributed by atoms with E-state index < -0.39 is 0 Å². The van der Waals surface area contributed by atoms with Gasteiger partial charge in [-0.3, -0.25) is 0 Å². The van der Waals surface area contributed by atoms with Crippen molar-refractivity contribution in [2.24, 2.45) is 0 Å². The van der Waals surface area contributed by atoms with Gasteiger partial charge in [0, 0.05) is 0 Å². The molecule has 0 spiro atoms. The average Bonchev–Trinajstić information content (AvgIpc) is 2.24. The van der Waals surface area contributed by atoms with Gasteiger partial charge in [0.1, 0.15) is 0 Å². The van der Waals surface area contributed by atoms with Crippen molar-refractivity contribution >= 4 is 0 Å². The van der Waals surface area contributed by atoms with Crippen LogP contribution in [0, 0.1) is 0 Å². The topological polar surface area (TPSA) is 0 Å². The predicted octanol–water partition coefficient (Wildman–Crippen LogP) is 4.30. The Balaban J connectivity index is 0. The van der Waals surface area contributed by atoms with E-state index in [1.54, 1.807) is 0 Å². The van der Waals surface area contributed by atoms with Gasteiger partial charge in [-0.15, -0.1) is 0 Å². The molecule has 1 aromatic rings. The second-order valence-corrected chi connectivity index (χ2v) is 1.82. The molecule has 0 saturated carbocycles. The minimum absolute atomic E-state index is 2.00. The van der Waals surface area contributed by atoms with Crippen LogP contribution in [0.25, 0.3) is 0 Å². The van der Waals surface area contributed by atoms with Gasteiger partial charge in [0.15, 0.2) is 0 Å². The quantitative estimate of drug-likeness (QED) is 0.502. The third-order valence-electron chi connectivity index (χ3n) is 1.00. The van der Waals surface area contributed by atoms with E-state index in [-0.39, 0.29) is 0 Å². The fourth-order valence-corrected chi connectivity index (χ4v) is 0.385. The molecular formula is C12H20. The number of allylic oxidation sites excluding steroid dienone is 2. The minimum Gasteiger partial charge on any atom is -0.0919 e. The van der Waals surface area contributed by atoms with Gasteiger partial charge in [-0.2, -0.15) is 0 Å². The summed E-state index contributed by atoms with van der Waals surface area (Å²) >= 11 is 0. The molecule has 1 rings (SSSR count). The second kappa shape index (κ2) is 16.5. The zero-order chi connectivity index (χ0) is 9.66. The Kier molecular flexibility index (Phi) is 18.6. The van der Waals surface area contributed by atoms with Crippen LogP contribution < -0.4 is 0 Å². The summed E-state index contributed by atoms with van der Waals surface area (Å²) < 4.78 is 0. The summed E-state index contributed by atoms with van der Waals surface area (Å²) in [6.45, 7) is 8.00. The Labute approximate surface area is 76.9 Å². The van der Waals surface area contributed by atoms with Gasteiger partial charge in [-0.05, 0) is 13.8 Å². The fraction of sp³-hybridized carbons (Fsp3) is 0.333. The van der Waals surface area contributed by atoms with E-state index in [2.05, 4.69) is 0 Å². The van der Waals surface area contributed by atoms with E-state index in [9.17, 15) is 0 Å². The van der Waals surface area contributed by atoms with Gasteiger partial charge in [-0.1, -0.05) is 62.4 Å². The summed E-state index contributed by atoms with van der Waals surface area (Å²) in [4.78, 5) is 0. The molecule has 12 heavy (non-hydrogen) atoms. The molecular weight excluding hydrogens is 144 g/mol. The molecule has 0 aliphatic rings. The molecule has 0 radical (unpaired) electrons. The Morgan fingerprint density at radius 2 is 0.750 bits per heavy atom. The zero-order valence-electron chi connectivity index (χ0n) is 8.62. The summed E-state index contributed by atoms with van der Waals surface area (Å²) in [5.74, 6) is 0. The van der Waals surface area contributed by atoms with Crippen LogP contribution in [0.4, 0.5) is 0 Å². The number of rotatable bonds is 0. The van der Waals surface area contributed by atoms with Crippen molar-refractivity contribution < 1.29 is 0 Å². The smallest absolute Gasteiger partial charge is 0.0470 e.